The number of benzene rings is 6. The molecule has 2 aliphatic rings. The fourth-order valence-corrected chi connectivity index (χ4v) is 16.2. The van der Waals surface area contributed by atoms with Crippen LogP contribution in [0.25, 0.3) is 21.5 Å². The van der Waals surface area contributed by atoms with E-state index >= 15 is 0 Å². The molecule has 604 valence electrons. The molecule has 8 amide bonds. The molecule has 6 aromatic rings. The van der Waals surface area contributed by atoms with Crippen molar-refractivity contribution >= 4 is 115 Å². The summed E-state index contributed by atoms with van der Waals surface area (Å²) in [4.78, 5) is 162. The summed E-state index contributed by atoms with van der Waals surface area (Å²) in [6, 6.07) is 35.4. The Morgan fingerprint density at radius 2 is 0.911 bits per heavy atom. The number of fused-ring (bicyclic) bond motifs is 2. The van der Waals surface area contributed by atoms with E-state index in [-0.39, 0.29) is 73.5 Å². The standard InChI is InChI=1S/C45H61N5O7S.C41H53N5O7S/c1-28(51)45(7,21-11-12-22-46)50-42(56)37(25-31-15-18-32-13-9-10-14-33(32)23-31)49-41(55)36(24-30-16-19-34(57-8)20-17-30)48-40(54)35-26-38(53)39(47-29(2)52)43(3,4)27-58-44(35,5)6;1-26(47)41(3,18-7-8-19-42)46-40(52)36(23-29-11-14-30-9-5-6-10-31(30)21-29)45-39(51)35(22-28-12-15-33(53-4)16-13-28)44-38(50)32-24-37(49)34(43-27(2)48)17-20-54-25-32/h9-10,13-20,23,35-37,39H,11-12,21-22,24-27,46H2,1-8H3,(H,47,52)(H,48,54)(H,49,55)(H,50,56);5-6,9-16,21,32,34-36H,7-8,17-20,22-25,42H2,1-4H3,(H,43,48)(H,44,50)(H,45,51)(H,46,52)/t35-,36+,37+,39-,45+;32-,34-,35-,36-,41-/m10/s1. The first kappa shape index (κ1) is 89.7. The number of nitrogens with two attached hydrogens (primary N) is 2. The van der Waals surface area contributed by atoms with Crippen molar-refractivity contribution in [3.05, 3.63) is 156 Å². The lowest BCUT2D eigenvalue weighted by atomic mass is 9.78. The molecule has 2 heterocycles. The summed E-state index contributed by atoms with van der Waals surface area (Å²) in [5, 5.41) is 27.0. The highest BCUT2D eigenvalue weighted by Crippen LogP contribution is 2.43. The number of ether oxygens (including phenoxy) is 2. The summed E-state index contributed by atoms with van der Waals surface area (Å²) in [7, 11) is 3.10. The number of thioether (sulfide) groups is 2. The summed E-state index contributed by atoms with van der Waals surface area (Å²) < 4.78 is 9.91. The SMILES string of the molecule is COc1ccc(C[C@H](NC(=O)[C@@H]2CSCC[C@H](NC(C)=O)C(=O)C2)C(=O)N[C@@H](Cc2ccc3ccccc3c2)C(=O)N[C@@](C)(CCCCN)C(C)=O)cc1.COc1ccc(C[C@H](NC(=O)[C@H]2CC(=O)[C@@H](NC(C)=O)C(C)(C)CSC2(C)C)C(=O)N[C@@H](Cc2ccc3ccccc3c2)C(=O)N[C@@](C)(CCCCN)C(C)=O)cc1. The third kappa shape index (κ3) is 26.3. The molecule has 26 heteroatoms. The summed E-state index contributed by atoms with van der Waals surface area (Å²) in [5.74, 6) is -3.83. The molecule has 0 saturated carbocycles. The minimum absolute atomic E-state index is 0.0614. The smallest absolute Gasteiger partial charge is 0.243 e. The Morgan fingerprint density at radius 3 is 1.33 bits per heavy atom. The average molecular weight is 1580 g/mol. The number of Topliss-reactive ketones (excluding diaryl/α,β-unsaturated/α-hetero) is 4. The number of unbranched alkanes of at least 4 members (excludes halogenated alkanes) is 2. The van der Waals surface area contributed by atoms with E-state index in [4.69, 9.17) is 20.9 Å². The Kier molecular flexibility index (Phi) is 33.5. The molecule has 2 aliphatic heterocycles. The van der Waals surface area contributed by atoms with Crippen LogP contribution in [0.4, 0.5) is 0 Å². The molecule has 10 atom stereocenters. The first-order chi connectivity index (χ1) is 53.1. The summed E-state index contributed by atoms with van der Waals surface area (Å²) in [6.07, 6.45) is 3.91. The van der Waals surface area contributed by atoms with E-state index in [2.05, 4.69) is 42.5 Å². The Labute approximate surface area is 666 Å². The van der Waals surface area contributed by atoms with Crippen LogP contribution in [-0.2, 0) is 83.2 Å². The van der Waals surface area contributed by atoms with Crippen LogP contribution in [0, 0.1) is 17.3 Å². The van der Waals surface area contributed by atoms with Crippen LogP contribution >= 0.6 is 23.5 Å². The molecular formula is C86H114N10O14S2. The van der Waals surface area contributed by atoms with Gasteiger partial charge in [-0.2, -0.15) is 23.5 Å². The molecule has 12 N–H and O–H groups in total. The van der Waals surface area contributed by atoms with Crippen LogP contribution in [0.5, 0.6) is 11.5 Å². The van der Waals surface area contributed by atoms with E-state index in [9.17, 15) is 57.5 Å². The van der Waals surface area contributed by atoms with Crippen LogP contribution in [-0.4, -0.2) is 167 Å². The zero-order valence-corrected chi connectivity index (χ0v) is 68.4. The fraction of sp³-hybridized carbons (Fsp3) is 0.488. The number of methoxy groups -OCH3 is 2. The highest BCUT2D eigenvalue weighted by molar-refractivity contribution is 8.00. The second kappa shape index (κ2) is 41.9. The van der Waals surface area contributed by atoms with E-state index in [1.54, 1.807) is 76.6 Å². The maximum absolute atomic E-state index is 14.6. The number of nitrogens with one attached hydrogen (secondary N) is 8. The molecule has 0 spiro atoms. The van der Waals surface area contributed by atoms with Gasteiger partial charge in [-0.05, 0) is 173 Å². The van der Waals surface area contributed by atoms with Gasteiger partial charge in [0.05, 0.1) is 49.2 Å². The molecule has 0 unspecified atom stereocenters. The fourth-order valence-electron chi connectivity index (χ4n) is 13.8. The molecule has 2 fully saturated rings. The van der Waals surface area contributed by atoms with Gasteiger partial charge >= 0.3 is 0 Å². The number of ketones is 4. The molecule has 8 rings (SSSR count). The predicted molar refractivity (Wildman–Crippen MR) is 440 cm³/mol. The molecular weight excluding hydrogens is 1460 g/mol. The molecule has 0 aromatic heterocycles. The second-order valence-corrected chi connectivity index (χ2v) is 33.9. The average Bonchev–Trinajstić information content (AvgIpc) is 0.781. The molecule has 6 aromatic carbocycles. The van der Waals surface area contributed by atoms with Gasteiger partial charge in [-0.3, -0.25) is 57.5 Å². The van der Waals surface area contributed by atoms with Crippen molar-refractivity contribution in [1.82, 2.24) is 42.5 Å². The van der Waals surface area contributed by atoms with Crippen molar-refractivity contribution in [3.63, 3.8) is 0 Å². The van der Waals surface area contributed by atoms with E-state index in [1.165, 1.54) is 51.2 Å². The Hall–Kier alpha value is -9.50. The monoisotopic (exact) mass is 1570 g/mol. The van der Waals surface area contributed by atoms with Gasteiger partial charge in [-0.1, -0.05) is 123 Å². The van der Waals surface area contributed by atoms with Gasteiger partial charge in [0.25, 0.3) is 0 Å². The van der Waals surface area contributed by atoms with Gasteiger partial charge in [0, 0.05) is 74.0 Å². The third-order valence-corrected chi connectivity index (χ3v) is 24.2. The maximum atomic E-state index is 14.6. The number of amides is 8. The highest BCUT2D eigenvalue weighted by Gasteiger charge is 2.48. The van der Waals surface area contributed by atoms with Crippen LogP contribution in [0.1, 0.15) is 149 Å². The molecule has 0 bridgehead atoms. The molecule has 0 radical (unpaired) electrons. The maximum Gasteiger partial charge on any atom is 0.243 e. The van der Waals surface area contributed by atoms with Crippen molar-refractivity contribution in [1.29, 1.82) is 0 Å². The molecule has 112 heavy (non-hydrogen) atoms. The van der Waals surface area contributed by atoms with Gasteiger partial charge in [0.15, 0.2) is 23.1 Å². The highest BCUT2D eigenvalue weighted by atomic mass is 32.2. The Morgan fingerprint density at radius 1 is 0.500 bits per heavy atom. The van der Waals surface area contributed by atoms with Crippen LogP contribution < -0.4 is 63.5 Å². The number of hydrogen-bond donors (Lipinski definition) is 10. The van der Waals surface area contributed by atoms with Gasteiger partial charge in [0.1, 0.15) is 35.7 Å². The Balaban J connectivity index is 0.000000312. The van der Waals surface area contributed by atoms with Crippen molar-refractivity contribution in [3.8, 4) is 11.5 Å². The first-order valence-corrected chi connectivity index (χ1v) is 40.5. The summed E-state index contributed by atoms with van der Waals surface area (Å²) >= 11 is 3.05. The predicted octanol–water partition coefficient (Wildman–Crippen LogP) is 8.24. The van der Waals surface area contributed by atoms with E-state index in [0.717, 1.165) is 43.8 Å². The number of carbonyl (C=O) groups excluding carboxylic acids is 12. The van der Waals surface area contributed by atoms with Gasteiger partial charge in [-0.25, -0.2) is 0 Å². The second-order valence-electron chi connectivity index (χ2n) is 31.1. The minimum atomic E-state index is -1.20. The third-order valence-electron chi connectivity index (χ3n) is 21.1. The number of carbonyl (C=O) groups is 12. The zero-order valence-electron chi connectivity index (χ0n) is 66.7. The zero-order chi connectivity index (χ0) is 82.1. The van der Waals surface area contributed by atoms with E-state index < -0.39 is 105 Å². The topological polar surface area (TPSA) is 372 Å². The lowest BCUT2D eigenvalue weighted by molar-refractivity contribution is -0.137. The normalized spacial score (nSPS) is 18.9. The van der Waals surface area contributed by atoms with Crippen LogP contribution in [0.3, 0.4) is 0 Å². The van der Waals surface area contributed by atoms with Crippen molar-refractivity contribution in [2.75, 3.05) is 44.6 Å². The molecule has 2 saturated heterocycles. The molecule has 0 aliphatic carbocycles. The van der Waals surface area contributed by atoms with Crippen LogP contribution in [0.2, 0.25) is 0 Å². The van der Waals surface area contributed by atoms with Gasteiger partial charge in [-0.15, -0.1) is 0 Å². The Bertz CT molecular complexity index is 4310. The summed E-state index contributed by atoms with van der Waals surface area (Å²) in [6.45, 7) is 17.5. The van der Waals surface area contributed by atoms with Crippen molar-refractivity contribution in [2.24, 2.45) is 28.7 Å². The molecule has 24 nitrogen and oxygen atoms in total. The van der Waals surface area contributed by atoms with Gasteiger partial charge in [0.2, 0.25) is 47.3 Å². The van der Waals surface area contributed by atoms with Crippen LogP contribution in [0.15, 0.2) is 133 Å². The van der Waals surface area contributed by atoms with Gasteiger partial charge < -0.3 is 63.5 Å². The quantitative estimate of drug-likeness (QED) is 0.0170. The van der Waals surface area contributed by atoms with E-state index in [0.29, 0.717) is 86.8 Å². The lowest BCUT2D eigenvalue weighted by Gasteiger charge is -2.42. The van der Waals surface area contributed by atoms with Crippen molar-refractivity contribution in [2.45, 2.75) is 205 Å². The largest absolute Gasteiger partial charge is 0.497 e. The number of rotatable bonds is 34. The van der Waals surface area contributed by atoms with Crippen molar-refractivity contribution < 1.29 is 67.0 Å². The summed E-state index contributed by atoms with van der Waals surface area (Å²) in [5.41, 5.74) is 11.5. The first-order valence-electron chi connectivity index (χ1n) is 38.4. The van der Waals surface area contributed by atoms with E-state index in [1.807, 2.05) is 113 Å². The minimum Gasteiger partial charge on any atom is -0.497 e. The lowest BCUT2D eigenvalue weighted by Crippen LogP contribution is -2.60. The number of hydrogen-bond acceptors (Lipinski definition) is 18.